The van der Waals surface area contributed by atoms with Gasteiger partial charge in [0.1, 0.15) is 0 Å². The number of halogens is 1. The maximum atomic E-state index is 4.04. The van der Waals surface area contributed by atoms with Gasteiger partial charge in [-0.25, -0.2) is 0 Å². The number of anilines is 3. The Kier molecular flexibility index (Phi) is 7.95. The van der Waals surface area contributed by atoms with E-state index in [1.807, 2.05) is 0 Å². The van der Waals surface area contributed by atoms with Gasteiger partial charge in [0.25, 0.3) is 0 Å². The minimum absolute atomic E-state index is 0.0775. The van der Waals surface area contributed by atoms with Crippen LogP contribution >= 0.6 is 15.9 Å². The Balaban J connectivity index is 1.00. The molecule has 9 aromatic carbocycles. The monoisotopic (exact) mass is 851 g/mol. The number of hydrogen-bond acceptors (Lipinski definition) is 1. The van der Waals surface area contributed by atoms with Crippen LogP contribution in [0.1, 0.15) is 28.5 Å². The van der Waals surface area contributed by atoms with Crippen LogP contribution < -0.4 is 4.90 Å². The molecule has 0 bridgehead atoms. The predicted molar refractivity (Wildman–Crippen MR) is 264 cm³/mol. The van der Waals surface area contributed by atoms with Crippen LogP contribution in [0.4, 0.5) is 17.1 Å². The minimum atomic E-state index is 0.0775. The van der Waals surface area contributed by atoms with E-state index in [1.54, 1.807) is 0 Å². The van der Waals surface area contributed by atoms with E-state index in [0.717, 1.165) is 21.5 Å². The second-order valence-corrected chi connectivity index (χ2v) is 17.6. The molecule has 2 unspecified atom stereocenters. The van der Waals surface area contributed by atoms with Crippen LogP contribution in [0.3, 0.4) is 0 Å². The number of nitrogens with zero attached hydrogens (tertiary/aromatic N) is 1. The first-order chi connectivity index (χ1) is 30.7. The molecule has 4 aliphatic rings. The lowest BCUT2D eigenvalue weighted by atomic mass is 9.66. The van der Waals surface area contributed by atoms with Gasteiger partial charge in [-0.1, -0.05) is 192 Å². The van der Waals surface area contributed by atoms with E-state index in [9.17, 15) is 0 Å². The summed E-state index contributed by atoms with van der Waals surface area (Å²) < 4.78 is 1.11. The molecule has 0 fully saturated rings. The first-order valence-electron chi connectivity index (χ1n) is 21.5. The third kappa shape index (κ3) is 5.14. The van der Waals surface area contributed by atoms with E-state index in [2.05, 4.69) is 239 Å². The molecule has 0 N–H and O–H groups in total. The summed E-state index contributed by atoms with van der Waals surface area (Å²) >= 11 is 4.04. The zero-order chi connectivity index (χ0) is 40.9. The number of allylic oxidation sites excluding steroid dienone is 8. The molecule has 0 radical (unpaired) electrons. The highest BCUT2D eigenvalue weighted by atomic mass is 79.9. The van der Waals surface area contributed by atoms with E-state index in [4.69, 9.17) is 0 Å². The van der Waals surface area contributed by atoms with E-state index in [1.165, 1.54) is 99.5 Å². The molecule has 0 saturated heterocycles. The lowest BCUT2D eigenvalue weighted by Gasteiger charge is -2.37. The van der Waals surface area contributed by atoms with Crippen LogP contribution in [0.5, 0.6) is 0 Å². The average Bonchev–Trinajstić information content (AvgIpc) is 3.67. The summed E-state index contributed by atoms with van der Waals surface area (Å²) in [5, 5.41) is 5.34. The Morgan fingerprint density at radius 2 is 0.968 bits per heavy atom. The van der Waals surface area contributed by atoms with Gasteiger partial charge in [0, 0.05) is 33.4 Å². The van der Waals surface area contributed by atoms with Gasteiger partial charge in [-0.2, -0.15) is 0 Å². The summed E-state index contributed by atoms with van der Waals surface area (Å²) in [6.07, 6.45) is 12.0. The summed E-state index contributed by atoms with van der Waals surface area (Å²) in [7, 11) is 0. The van der Waals surface area contributed by atoms with Gasteiger partial charge < -0.3 is 4.90 Å². The van der Waals surface area contributed by atoms with Crippen LogP contribution in [-0.4, -0.2) is 0 Å². The number of hydrogen-bond donors (Lipinski definition) is 0. The number of benzene rings is 9. The quantitative estimate of drug-likeness (QED) is 0.161. The van der Waals surface area contributed by atoms with E-state index in [0.29, 0.717) is 0 Å². The predicted octanol–water partition coefficient (Wildman–Crippen LogP) is 16.9. The molecule has 0 heterocycles. The van der Waals surface area contributed by atoms with Crippen LogP contribution in [0.25, 0.3) is 71.6 Å². The highest BCUT2D eigenvalue weighted by molar-refractivity contribution is 9.10. The van der Waals surface area contributed by atoms with Gasteiger partial charge in [0.15, 0.2) is 0 Å². The molecule has 0 aliphatic heterocycles. The van der Waals surface area contributed by atoms with Crippen molar-refractivity contribution in [3.05, 3.63) is 251 Å². The summed E-state index contributed by atoms with van der Waals surface area (Å²) in [5.41, 5.74) is 22.0. The summed E-state index contributed by atoms with van der Waals surface area (Å²) in [6, 6.07) is 69.1. The first kappa shape index (κ1) is 35.5. The lowest BCUT2D eigenvalue weighted by Crippen LogP contribution is -2.19. The van der Waals surface area contributed by atoms with Crippen LogP contribution in [-0.2, 0) is 0 Å². The van der Waals surface area contributed by atoms with Gasteiger partial charge in [-0.05, 0) is 142 Å². The molecular formula is C60H38BrN. The van der Waals surface area contributed by atoms with Gasteiger partial charge in [0.05, 0.1) is 0 Å². The molecule has 0 aromatic heterocycles. The topological polar surface area (TPSA) is 3.24 Å². The highest BCUT2D eigenvalue weighted by Gasteiger charge is 2.39. The lowest BCUT2D eigenvalue weighted by molar-refractivity contribution is 0.894. The Morgan fingerprint density at radius 1 is 0.419 bits per heavy atom. The Labute approximate surface area is 370 Å². The Bertz CT molecular complexity index is 3320. The third-order valence-corrected chi connectivity index (χ3v) is 14.3. The van der Waals surface area contributed by atoms with E-state index in [-0.39, 0.29) is 11.8 Å². The van der Waals surface area contributed by atoms with Crippen LogP contribution in [0.15, 0.2) is 234 Å². The van der Waals surface area contributed by atoms with Gasteiger partial charge in [0.2, 0.25) is 0 Å². The molecule has 4 aliphatic carbocycles. The number of para-hydroxylation sites is 2. The first-order valence-corrected chi connectivity index (χ1v) is 22.3. The fourth-order valence-electron chi connectivity index (χ4n) is 11.1. The Hall–Kier alpha value is -7.26. The highest BCUT2D eigenvalue weighted by Crippen LogP contribution is 2.62. The maximum absolute atomic E-state index is 4.04. The van der Waals surface area contributed by atoms with Gasteiger partial charge in [-0.15, -0.1) is 0 Å². The van der Waals surface area contributed by atoms with Crippen LogP contribution in [0, 0.1) is 0 Å². The summed E-state index contributed by atoms with van der Waals surface area (Å²) in [5.74, 6) is 0.222. The van der Waals surface area contributed by atoms with Crippen molar-refractivity contribution in [2.45, 2.75) is 11.8 Å². The molecule has 9 aromatic rings. The van der Waals surface area contributed by atoms with Crippen molar-refractivity contribution in [2.75, 3.05) is 4.90 Å². The minimum Gasteiger partial charge on any atom is -0.310 e. The molecule has 2 atom stereocenters. The summed E-state index contributed by atoms with van der Waals surface area (Å²) in [6.45, 7) is 0. The maximum Gasteiger partial charge on any atom is 0.0465 e. The molecule has 0 amide bonds. The molecular weight excluding hydrogens is 815 g/mol. The fourth-order valence-corrected chi connectivity index (χ4v) is 11.6. The number of fused-ring (bicyclic) bond motifs is 6. The number of rotatable bonds is 6. The Morgan fingerprint density at radius 3 is 1.58 bits per heavy atom. The van der Waals surface area contributed by atoms with Gasteiger partial charge in [-0.3, -0.25) is 0 Å². The smallest absolute Gasteiger partial charge is 0.0465 e. The van der Waals surface area contributed by atoms with Crippen molar-refractivity contribution in [1.82, 2.24) is 0 Å². The average molecular weight is 853 g/mol. The molecule has 13 rings (SSSR count). The second-order valence-electron chi connectivity index (χ2n) is 16.8. The van der Waals surface area contributed by atoms with Gasteiger partial charge >= 0.3 is 0 Å². The van der Waals surface area contributed by atoms with E-state index >= 15 is 0 Å². The second kappa shape index (κ2) is 13.9. The normalized spacial score (nSPS) is 16.4. The van der Waals surface area contributed by atoms with Crippen molar-refractivity contribution in [1.29, 1.82) is 0 Å². The molecule has 62 heavy (non-hydrogen) atoms. The van der Waals surface area contributed by atoms with Crippen molar-refractivity contribution in [2.24, 2.45) is 0 Å². The zero-order valence-electron chi connectivity index (χ0n) is 33.8. The van der Waals surface area contributed by atoms with Crippen LogP contribution in [0.2, 0.25) is 0 Å². The SMILES string of the molecule is Brc1ccc(N(c2ccccc2)c2ccccc2)cc1C1C=CC2=C3C1=CC=CC3c1ccc3c4c(ccc2c14)-c1c-3c(-c2ccccc2)c2ccccc2c1-c1ccccc1. The zero-order valence-corrected chi connectivity index (χ0v) is 35.4. The van der Waals surface area contributed by atoms with Crippen molar-refractivity contribution in [3.8, 4) is 44.5 Å². The fraction of sp³-hybridized carbons (Fsp3) is 0.0333. The largest absolute Gasteiger partial charge is 0.310 e. The molecule has 0 spiro atoms. The standard InChI is InChI=1S/C60H38BrN/c61-53-35-28-41(62(39-20-9-3-10-21-39)40-22-11-4-12-23-40)36-52(53)42-29-30-47-49-32-34-51-58-50(33-31-48(57(49)58)46-27-15-26-43(42)56(46)47)59-54(37-16-5-1-6-17-37)44-24-13-14-25-45(44)55(60(51)59)38-18-7-2-8-19-38/h1-36,42,46H. The molecule has 2 heteroatoms. The third-order valence-electron chi connectivity index (χ3n) is 13.6. The molecule has 290 valence electrons. The van der Waals surface area contributed by atoms with Crippen molar-refractivity contribution < 1.29 is 0 Å². The van der Waals surface area contributed by atoms with Crippen molar-refractivity contribution >= 4 is 60.1 Å². The summed E-state index contributed by atoms with van der Waals surface area (Å²) in [4.78, 5) is 2.35. The molecule has 0 saturated carbocycles. The van der Waals surface area contributed by atoms with Crippen molar-refractivity contribution in [3.63, 3.8) is 0 Å². The van der Waals surface area contributed by atoms with E-state index < -0.39 is 0 Å². The molecule has 1 nitrogen and oxygen atoms in total.